The van der Waals surface area contributed by atoms with Gasteiger partial charge in [0.25, 0.3) is 16.0 Å². The van der Waals surface area contributed by atoms with E-state index in [1.54, 1.807) is 24.0 Å². The molecule has 1 amide bonds. The van der Waals surface area contributed by atoms with E-state index in [2.05, 4.69) is 19.3 Å². The maximum Gasteiger partial charge on any atom is 0.436 e. The third-order valence-electron chi connectivity index (χ3n) is 6.93. The molecule has 43 heavy (non-hydrogen) atoms. The molecule has 1 aliphatic heterocycles. The summed E-state index contributed by atoms with van der Waals surface area (Å²) in [5.41, 5.74) is 0.908. The number of hydrogen-bond acceptors (Lipinski definition) is 9. The van der Waals surface area contributed by atoms with E-state index in [1.165, 1.54) is 23.9 Å². The molecular weight excluding hydrogens is 593 g/mol. The number of nitrogens with zero attached hydrogens (tertiary/aromatic N) is 3. The van der Waals surface area contributed by atoms with Crippen LogP contribution in [-0.2, 0) is 36.5 Å². The first kappa shape index (κ1) is 32.2. The zero-order valence-corrected chi connectivity index (χ0v) is 24.8. The highest BCUT2D eigenvalue weighted by molar-refractivity contribution is 7.85. The number of halogens is 3. The highest BCUT2D eigenvalue weighted by Crippen LogP contribution is 2.39. The monoisotopic (exact) mass is 626 g/mol. The summed E-state index contributed by atoms with van der Waals surface area (Å²) in [6, 6.07) is 5.56. The van der Waals surface area contributed by atoms with Crippen molar-refractivity contribution in [3.63, 3.8) is 0 Å². The van der Waals surface area contributed by atoms with Crippen LogP contribution in [0.1, 0.15) is 57.8 Å². The lowest BCUT2D eigenvalue weighted by molar-refractivity contribution is -0.141. The molecule has 1 N–H and O–H groups in total. The quantitative estimate of drug-likeness (QED) is 0.213. The molecule has 0 spiro atoms. The molecule has 1 unspecified atom stereocenters. The lowest BCUT2D eigenvalue weighted by Gasteiger charge is -2.23. The Balaban J connectivity index is 1.49. The van der Waals surface area contributed by atoms with Gasteiger partial charge in [0.15, 0.2) is 5.69 Å². The number of ether oxygens (including phenoxy) is 2. The zero-order chi connectivity index (χ0) is 31.4. The predicted molar refractivity (Wildman–Crippen MR) is 150 cm³/mol. The Morgan fingerprint density at radius 2 is 1.86 bits per heavy atom. The van der Waals surface area contributed by atoms with Gasteiger partial charge in [0.1, 0.15) is 11.4 Å². The molecule has 0 saturated heterocycles. The molecule has 1 aliphatic carbocycles. The molecular formula is C28H33F3N4O7S. The molecule has 1 aromatic carbocycles. The Bertz CT molecular complexity index is 1520. The average Bonchev–Trinajstić information content (AvgIpc) is 3.52. The van der Waals surface area contributed by atoms with Gasteiger partial charge in [-0.25, -0.2) is 9.48 Å². The predicted octanol–water partition coefficient (Wildman–Crippen LogP) is 3.64. The molecule has 2 aromatic rings. The minimum atomic E-state index is -4.85. The minimum absolute atomic E-state index is 0.0748. The summed E-state index contributed by atoms with van der Waals surface area (Å²) < 4.78 is 80.4. The number of rotatable bonds is 12. The molecule has 0 bridgehead atoms. The fourth-order valence-corrected chi connectivity index (χ4v) is 5.30. The molecule has 2 aliphatic rings. The normalized spacial score (nSPS) is 15.9. The number of anilines is 1. The molecule has 1 aromatic heterocycles. The summed E-state index contributed by atoms with van der Waals surface area (Å²) in [6.45, 7) is 2.68. The van der Waals surface area contributed by atoms with Crippen LogP contribution in [0, 0.1) is 0 Å². The number of alkyl halides is 3. The highest BCUT2D eigenvalue weighted by Gasteiger charge is 2.44. The number of carbonyl (C=O) groups is 2. The summed E-state index contributed by atoms with van der Waals surface area (Å²) >= 11 is 0. The van der Waals surface area contributed by atoms with Crippen LogP contribution < -0.4 is 10.2 Å². The molecule has 0 saturated carbocycles. The number of methoxy groups -OCH3 is 1. The van der Waals surface area contributed by atoms with Gasteiger partial charge >= 0.3 is 12.1 Å². The van der Waals surface area contributed by atoms with Gasteiger partial charge in [-0.1, -0.05) is 29.9 Å². The van der Waals surface area contributed by atoms with E-state index in [-0.39, 0.29) is 32.2 Å². The van der Waals surface area contributed by atoms with Gasteiger partial charge in [0.05, 0.1) is 51.3 Å². The van der Waals surface area contributed by atoms with E-state index in [1.807, 2.05) is 12.2 Å². The van der Waals surface area contributed by atoms with E-state index in [0.29, 0.717) is 37.1 Å². The highest BCUT2D eigenvalue weighted by atomic mass is 32.2. The van der Waals surface area contributed by atoms with Crippen molar-refractivity contribution in [2.24, 2.45) is 0 Å². The SMILES string of the molecule is COC(=O)c1ccc(C(C)NC(=O)c2c(C(F)(F)F)nn3c2N(CC2=CC(COCCOS(C)(=O)=O)=CCC2)CC3)cc1. The topological polar surface area (TPSA) is 129 Å². The number of amides is 1. The number of aromatic nitrogens is 2. The van der Waals surface area contributed by atoms with E-state index >= 15 is 0 Å². The molecule has 2 heterocycles. The van der Waals surface area contributed by atoms with Crippen LogP contribution in [0.4, 0.5) is 19.0 Å². The van der Waals surface area contributed by atoms with Crippen molar-refractivity contribution in [2.75, 3.05) is 51.2 Å². The Morgan fingerprint density at radius 3 is 2.51 bits per heavy atom. The number of fused-ring (bicyclic) bond motifs is 1. The molecule has 0 fully saturated rings. The third-order valence-corrected chi connectivity index (χ3v) is 7.53. The van der Waals surface area contributed by atoms with E-state index < -0.39 is 45.5 Å². The Hall–Kier alpha value is -3.69. The van der Waals surface area contributed by atoms with Crippen LogP contribution in [0.5, 0.6) is 0 Å². The Kier molecular flexibility index (Phi) is 9.97. The fraction of sp³-hybridized carbons (Fsp3) is 0.464. The van der Waals surface area contributed by atoms with Gasteiger partial charge in [0, 0.05) is 13.1 Å². The van der Waals surface area contributed by atoms with Crippen molar-refractivity contribution in [1.82, 2.24) is 15.1 Å². The van der Waals surface area contributed by atoms with E-state index in [9.17, 15) is 31.2 Å². The van der Waals surface area contributed by atoms with Crippen molar-refractivity contribution in [1.29, 1.82) is 0 Å². The van der Waals surface area contributed by atoms with E-state index in [4.69, 9.17) is 4.74 Å². The number of carbonyl (C=O) groups excluding carboxylic acids is 2. The van der Waals surface area contributed by atoms with Crippen LogP contribution in [0.15, 0.2) is 47.6 Å². The van der Waals surface area contributed by atoms with Crippen molar-refractivity contribution in [3.8, 4) is 0 Å². The van der Waals surface area contributed by atoms with Crippen LogP contribution >= 0.6 is 0 Å². The second kappa shape index (κ2) is 13.3. The number of nitrogens with one attached hydrogen (secondary N) is 1. The molecule has 4 rings (SSSR count). The Morgan fingerprint density at radius 1 is 1.14 bits per heavy atom. The number of hydrogen-bond donors (Lipinski definition) is 1. The maximum atomic E-state index is 14.1. The maximum absolute atomic E-state index is 14.1. The summed E-state index contributed by atoms with van der Waals surface area (Å²) in [5.74, 6) is -1.34. The Labute approximate surface area is 247 Å². The summed E-state index contributed by atoms with van der Waals surface area (Å²) in [4.78, 5) is 26.8. The largest absolute Gasteiger partial charge is 0.465 e. The summed E-state index contributed by atoms with van der Waals surface area (Å²) in [5, 5.41) is 6.42. The first-order valence-corrected chi connectivity index (χ1v) is 15.3. The van der Waals surface area contributed by atoms with Gasteiger partial charge in [-0.3, -0.25) is 8.98 Å². The molecule has 234 valence electrons. The second-order valence-corrected chi connectivity index (χ2v) is 11.8. The van der Waals surface area contributed by atoms with Crippen molar-refractivity contribution < 1.29 is 44.8 Å². The summed E-state index contributed by atoms with van der Waals surface area (Å²) in [6.07, 6.45) is 1.37. The molecule has 15 heteroatoms. The van der Waals surface area contributed by atoms with Gasteiger partial charge in [0.2, 0.25) is 0 Å². The number of esters is 1. The van der Waals surface area contributed by atoms with Crippen LogP contribution in [0.2, 0.25) is 0 Å². The standard InChI is InChI=1S/C28H33F3N4O7S/c1-18(21-7-9-22(10-8-21)27(37)40-2)32-25(36)23-24(28(29,30)31)33-35-12-11-34(26(23)35)16-19-5-4-6-20(15-19)17-41-13-14-42-43(3,38)39/h6-10,15,18H,4-5,11-14,16-17H2,1-3H3,(H,32,36). The van der Waals surface area contributed by atoms with Gasteiger partial charge in [-0.05, 0) is 43.0 Å². The minimum Gasteiger partial charge on any atom is -0.465 e. The smallest absolute Gasteiger partial charge is 0.436 e. The average molecular weight is 627 g/mol. The number of allylic oxidation sites excluding steroid dienone is 1. The molecule has 11 nitrogen and oxygen atoms in total. The van der Waals surface area contributed by atoms with Crippen LogP contribution in [-0.4, -0.2) is 76.4 Å². The number of benzene rings is 1. The fourth-order valence-electron chi connectivity index (χ4n) is 4.93. The molecule has 1 atom stereocenters. The lowest BCUT2D eigenvalue weighted by Crippen LogP contribution is -2.32. The van der Waals surface area contributed by atoms with Gasteiger partial charge in [-0.15, -0.1) is 0 Å². The van der Waals surface area contributed by atoms with Gasteiger partial charge in [-0.2, -0.15) is 26.7 Å². The van der Waals surface area contributed by atoms with Crippen LogP contribution in [0.3, 0.4) is 0 Å². The van der Waals surface area contributed by atoms with Crippen LogP contribution in [0.25, 0.3) is 0 Å². The second-order valence-electron chi connectivity index (χ2n) is 10.2. The first-order chi connectivity index (χ1) is 20.3. The third kappa shape index (κ3) is 8.24. The lowest BCUT2D eigenvalue weighted by atomic mass is 9.99. The van der Waals surface area contributed by atoms with Crippen molar-refractivity contribution >= 4 is 27.8 Å². The van der Waals surface area contributed by atoms with E-state index in [0.717, 1.165) is 17.4 Å². The molecule has 0 radical (unpaired) electrons. The van der Waals surface area contributed by atoms with Crippen molar-refractivity contribution in [3.05, 3.63) is 69.9 Å². The van der Waals surface area contributed by atoms with Crippen molar-refractivity contribution in [2.45, 2.75) is 38.5 Å². The van der Waals surface area contributed by atoms with Gasteiger partial charge < -0.3 is 19.7 Å². The first-order valence-electron chi connectivity index (χ1n) is 13.5. The zero-order valence-electron chi connectivity index (χ0n) is 23.9. The summed E-state index contributed by atoms with van der Waals surface area (Å²) in [7, 11) is -2.30.